The van der Waals surface area contributed by atoms with Gasteiger partial charge >= 0.3 is 6.09 Å². The molecule has 7 heteroatoms. The van der Waals surface area contributed by atoms with Crippen molar-refractivity contribution in [1.29, 1.82) is 0 Å². The van der Waals surface area contributed by atoms with E-state index in [9.17, 15) is 14.7 Å². The van der Waals surface area contributed by atoms with Crippen LogP contribution in [0.3, 0.4) is 0 Å². The van der Waals surface area contributed by atoms with Gasteiger partial charge in [-0.3, -0.25) is 9.78 Å². The third-order valence-electron chi connectivity index (χ3n) is 5.40. The van der Waals surface area contributed by atoms with Crippen LogP contribution < -0.4 is 0 Å². The van der Waals surface area contributed by atoms with Crippen molar-refractivity contribution in [3.8, 4) is 5.75 Å². The molecule has 0 radical (unpaired) electrons. The van der Waals surface area contributed by atoms with Gasteiger partial charge in [-0.05, 0) is 43.0 Å². The van der Waals surface area contributed by atoms with Crippen molar-refractivity contribution in [3.05, 3.63) is 63.4 Å². The highest BCUT2D eigenvalue weighted by Gasteiger charge is 2.31. The summed E-state index contributed by atoms with van der Waals surface area (Å²) in [4.78, 5) is 31.2. The molecular weight excluding hydrogens is 392 g/mol. The van der Waals surface area contributed by atoms with Crippen LogP contribution in [0.5, 0.6) is 5.75 Å². The van der Waals surface area contributed by atoms with Crippen LogP contribution in [0, 0.1) is 0 Å². The summed E-state index contributed by atoms with van der Waals surface area (Å²) < 4.78 is 5.10. The van der Waals surface area contributed by atoms with E-state index in [0.29, 0.717) is 38.1 Å². The number of rotatable bonds is 1. The number of piperidine rings is 1. The lowest BCUT2D eigenvalue weighted by Crippen LogP contribution is -2.37. The largest absolute Gasteiger partial charge is 0.506 e. The maximum absolute atomic E-state index is 12.9. The predicted molar refractivity (Wildman–Crippen MR) is 109 cm³/mol. The minimum Gasteiger partial charge on any atom is -0.506 e. The number of pyridine rings is 1. The number of aromatic nitrogens is 1. The van der Waals surface area contributed by atoms with Gasteiger partial charge < -0.3 is 14.7 Å². The molecule has 4 rings (SSSR count). The molecule has 6 nitrogen and oxygen atoms in total. The summed E-state index contributed by atoms with van der Waals surface area (Å²) in [6, 6.07) is 7.07. The quantitative estimate of drug-likeness (QED) is 0.758. The molecule has 1 aliphatic heterocycles. The predicted octanol–water partition coefficient (Wildman–Crippen LogP) is 4.23. The fourth-order valence-electron chi connectivity index (χ4n) is 4.03. The van der Waals surface area contributed by atoms with E-state index in [-0.39, 0.29) is 34.6 Å². The van der Waals surface area contributed by atoms with Crippen molar-refractivity contribution in [2.75, 3.05) is 19.7 Å². The van der Waals surface area contributed by atoms with E-state index in [1.54, 1.807) is 36.2 Å². The highest BCUT2D eigenvalue weighted by Crippen LogP contribution is 2.42. The summed E-state index contributed by atoms with van der Waals surface area (Å²) in [5.74, 6) is -0.377. The van der Waals surface area contributed by atoms with E-state index in [0.717, 1.165) is 22.4 Å². The molecule has 1 aromatic heterocycles. The second-order valence-corrected chi connectivity index (χ2v) is 7.50. The monoisotopic (exact) mass is 412 g/mol. The van der Waals surface area contributed by atoms with Crippen molar-refractivity contribution < 1.29 is 19.4 Å². The number of phenols is 1. The van der Waals surface area contributed by atoms with E-state index in [4.69, 9.17) is 16.3 Å². The lowest BCUT2D eigenvalue weighted by Gasteiger charge is -2.29. The molecule has 2 aromatic rings. The summed E-state index contributed by atoms with van der Waals surface area (Å²) in [7, 11) is 0. The smallest absolute Gasteiger partial charge is 0.409 e. The lowest BCUT2D eigenvalue weighted by atomic mass is 9.88. The van der Waals surface area contributed by atoms with Crippen LogP contribution in [0.2, 0.25) is 5.02 Å². The second kappa shape index (κ2) is 7.87. The van der Waals surface area contributed by atoms with Crippen LogP contribution in [0.25, 0.3) is 5.57 Å². The summed E-state index contributed by atoms with van der Waals surface area (Å²) in [6.07, 6.45) is 2.83. The molecule has 0 atom stereocenters. The number of hydrogen-bond donors (Lipinski definition) is 1. The number of aromatic hydroxyl groups is 1. The zero-order chi connectivity index (χ0) is 20.5. The first-order valence-electron chi connectivity index (χ1n) is 9.64. The highest BCUT2D eigenvalue weighted by atomic mass is 35.5. The van der Waals surface area contributed by atoms with Gasteiger partial charge in [-0.25, -0.2) is 4.79 Å². The Hall–Kier alpha value is -2.86. The average Bonchev–Trinajstić information content (AvgIpc) is 2.85. The van der Waals surface area contributed by atoms with Crippen molar-refractivity contribution in [2.24, 2.45) is 0 Å². The summed E-state index contributed by atoms with van der Waals surface area (Å²) in [5.41, 5.74) is 4.42. The molecule has 1 aromatic carbocycles. The summed E-state index contributed by atoms with van der Waals surface area (Å²) >= 11 is 6.10. The molecule has 1 fully saturated rings. The Labute approximate surface area is 173 Å². The summed E-state index contributed by atoms with van der Waals surface area (Å²) in [5, 5.41) is 10.7. The number of carbonyl (C=O) groups excluding carboxylic acids is 2. The Kier molecular flexibility index (Phi) is 5.28. The number of hydrogen-bond acceptors (Lipinski definition) is 5. The first kappa shape index (κ1) is 19.5. The standard InChI is InChI=1S/C22H21ClN2O4/c1-2-29-22(28)25-10-7-13(8-11-25)18-15-5-6-16(23)21(27)19(15)17(26)12-14-4-3-9-24-20(14)18/h3-6,9,27H,2,7-8,10-12H2,1H3. The highest BCUT2D eigenvalue weighted by molar-refractivity contribution is 6.33. The van der Waals surface area contributed by atoms with Gasteiger partial charge in [-0.2, -0.15) is 0 Å². The Morgan fingerprint density at radius 2 is 2.03 bits per heavy atom. The number of amides is 1. The molecule has 0 saturated carbocycles. The molecule has 1 amide bonds. The topological polar surface area (TPSA) is 79.7 Å². The SMILES string of the molecule is CCOC(=O)N1CCC(=C2c3ccc(Cl)c(O)c3C(=O)Cc3cccnc32)CC1. The van der Waals surface area contributed by atoms with Crippen LogP contribution >= 0.6 is 11.6 Å². The Bertz CT molecular complexity index is 1020. The minimum absolute atomic E-state index is 0.149. The van der Waals surface area contributed by atoms with E-state index in [2.05, 4.69) is 4.98 Å². The number of fused-ring (bicyclic) bond motifs is 2. The zero-order valence-electron chi connectivity index (χ0n) is 16.1. The molecule has 1 saturated heterocycles. The van der Waals surface area contributed by atoms with Gasteiger partial charge in [-0.15, -0.1) is 0 Å². The van der Waals surface area contributed by atoms with E-state index < -0.39 is 0 Å². The van der Waals surface area contributed by atoms with Crippen molar-refractivity contribution >= 4 is 29.1 Å². The van der Waals surface area contributed by atoms with Gasteiger partial charge in [0, 0.05) is 31.3 Å². The zero-order valence-corrected chi connectivity index (χ0v) is 16.8. The van der Waals surface area contributed by atoms with Crippen molar-refractivity contribution in [1.82, 2.24) is 9.88 Å². The number of Topliss-reactive ketones (excluding diaryl/α,β-unsaturated/α-hetero) is 1. The van der Waals surface area contributed by atoms with Crippen LogP contribution in [-0.4, -0.2) is 46.6 Å². The number of ketones is 1. The Morgan fingerprint density at radius 1 is 1.28 bits per heavy atom. The Balaban J connectivity index is 1.84. The third-order valence-corrected chi connectivity index (χ3v) is 5.71. The van der Waals surface area contributed by atoms with E-state index in [1.165, 1.54) is 0 Å². The van der Waals surface area contributed by atoms with Gasteiger partial charge in [0.1, 0.15) is 5.75 Å². The normalized spacial score (nSPS) is 16.2. The van der Waals surface area contributed by atoms with Crippen LogP contribution in [-0.2, 0) is 11.2 Å². The van der Waals surface area contributed by atoms with Gasteiger partial charge in [0.15, 0.2) is 5.78 Å². The number of nitrogens with zero attached hydrogens (tertiary/aromatic N) is 2. The molecule has 1 aliphatic carbocycles. The number of likely N-dealkylation sites (tertiary alicyclic amines) is 1. The minimum atomic E-state index is -0.309. The van der Waals surface area contributed by atoms with Gasteiger partial charge in [0.2, 0.25) is 0 Å². The molecule has 0 spiro atoms. The number of benzene rings is 1. The molecule has 0 unspecified atom stereocenters. The number of halogens is 1. The number of phenolic OH excluding ortho intramolecular Hbond substituents is 1. The van der Waals surface area contributed by atoms with E-state index >= 15 is 0 Å². The fourth-order valence-corrected chi connectivity index (χ4v) is 4.19. The Morgan fingerprint density at radius 3 is 2.76 bits per heavy atom. The molecule has 150 valence electrons. The molecular formula is C22H21ClN2O4. The van der Waals surface area contributed by atoms with Crippen molar-refractivity contribution in [3.63, 3.8) is 0 Å². The van der Waals surface area contributed by atoms with Crippen LogP contribution in [0.4, 0.5) is 4.79 Å². The molecule has 29 heavy (non-hydrogen) atoms. The van der Waals surface area contributed by atoms with Crippen molar-refractivity contribution in [2.45, 2.75) is 26.2 Å². The average molecular weight is 413 g/mol. The van der Waals surface area contributed by atoms with Crippen LogP contribution in [0.1, 0.15) is 46.9 Å². The van der Waals surface area contributed by atoms with Crippen LogP contribution in [0.15, 0.2) is 36.0 Å². The maximum atomic E-state index is 12.9. The first-order valence-corrected chi connectivity index (χ1v) is 10.0. The molecule has 0 bridgehead atoms. The maximum Gasteiger partial charge on any atom is 0.409 e. The van der Waals surface area contributed by atoms with Gasteiger partial charge in [0.05, 0.1) is 22.9 Å². The second-order valence-electron chi connectivity index (χ2n) is 7.09. The molecule has 2 aliphatic rings. The fraction of sp³-hybridized carbons (Fsp3) is 0.318. The molecule has 2 heterocycles. The first-order chi connectivity index (χ1) is 14.0. The molecule has 1 N–H and O–H groups in total. The third kappa shape index (κ3) is 3.49. The summed E-state index contributed by atoms with van der Waals surface area (Å²) in [6.45, 7) is 3.19. The number of ether oxygens (including phenoxy) is 1. The van der Waals surface area contributed by atoms with Gasteiger partial charge in [0.25, 0.3) is 0 Å². The lowest BCUT2D eigenvalue weighted by molar-refractivity contribution is 0.0989. The number of carbonyl (C=O) groups is 2. The van der Waals surface area contributed by atoms with E-state index in [1.807, 2.05) is 6.07 Å². The van der Waals surface area contributed by atoms with Gasteiger partial charge in [-0.1, -0.05) is 29.3 Å².